The maximum atomic E-state index is 4.42. The molecule has 0 N–H and O–H groups in total. The Labute approximate surface area is 162 Å². The van der Waals surface area contributed by atoms with E-state index in [0.29, 0.717) is 0 Å². The molecule has 2 bridgehead atoms. The Kier molecular flexibility index (Phi) is 7.76. The summed E-state index contributed by atoms with van der Waals surface area (Å²) in [5, 5.41) is 8.68. The van der Waals surface area contributed by atoms with Gasteiger partial charge in [-0.3, -0.25) is 0 Å². The lowest BCUT2D eigenvalue weighted by atomic mass is 9.77. The molecule has 5 unspecified atom stereocenters. The van der Waals surface area contributed by atoms with Gasteiger partial charge in [0.15, 0.2) is 0 Å². The molecule has 2 heteroatoms. The van der Waals surface area contributed by atoms with E-state index in [1.165, 1.54) is 94.9 Å². The highest BCUT2D eigenvalue weighted by molar-refractivity contribution is 6.06. The monoisotopic (exact) mass is 358 g/mol. The maximum Gasteiger partial charge on any atom is 0.0462 e. The van der Waals surface area contributed by atoms with Crippen molar-refractivity contribution in [3.63, 3.8) is 0 Å². The van der Waals surface area contributed by atoms with Gasteiger partial charge in [-0.15, -0.1) is 0 Å². The van der Waals surface area contributed by atoms with Crippen molar-refractivity contribution in [3.05, 3.63) is 0 Å². The Bertz CT molecular complexity index is 492. The molecule has 0 amide bonds. The van der Waals surface area contributed by atoms with Gasteiger partial charge < -0.3 is 0 Å². The summed E-state index contributed by atoms with van der Waals surface area (Å²) < 4.78 is 0. The minimum atomic E-state index is 0.928. The molecule has 26 heavy (non-hydrogen) atoms. The molecule has 0 saturated heterocycles. The Morgan fingerprint density at radius 1 is 0.769 bits per heavy atom. The fourth-order valence-corrected chi connectivity index (χ4v) is 5.94. The van der Waals surface area contributed by atoms with E-state index >= 15 is 0 Å². The highest BCUT2D eigenvalue weighted by Crippen LogP contribution is 2.41. The minimum Gasteiger partial charge on any atom is -0.160 e. The molecule has 1 heterocycles. The summed E-state index contributed by atoms with van der Waals surface area (Å²) in [7, 11) is 0. The summed E-state index contributed by atoms with van der Waals surface area (Å²) in [6.45, 7) is 7.21. The molecule has 2 aliphatic carbocycles. The van der Waals surface area contributed by atoms with Crippen LogP contribution in [0.1, 0.15) is 111 Å². The van der Waals surface area contributed by atoms with Crippen molar-refractivity contribution < 1.29 is 0 Å². The zero-order chi connectivity index (χ0) is 18.4. The third-order valence-electron chi connectivity index (χ3n) is 7.98. The summed E-state index contributed by atoms with van der Waals surface area (Å²) >= 11 is 0. The zero-order valence-electron chi connectivity index (χ0n) is 17.7. The Morgan fingerprint density at radius 2 is 1.50 bits per heavy atom. The van der Waals surface area contributed by atoms with Gasteiger partial charge in [-0.1, -0.05) is 71.6 Å². The van der Waals surface area contributed by atoms with Gasteiger partial charge in [0.1, 0.15) is 0 Å². The predicted molar refractivity (Wildman–Crippen MR) is 114 cm³/mol. The molecule has 2 saturated carbocycles. The van der Waals surface area contributed by atoms with Crippen molar-refractivity contribution in [2.45, 2.75) is 111 Å². The molecule has 148 valence electrons. The number of hydrogen-bond donors (Lipinski definition) is 0. The first-order valence-corrected chi connectivity index (χ1v) is 11.7. The van der Waals surface area contributed by atoms with Gasteiger partial charge in [0.25, 0.3) is 0 Å². The fourth-order valence-electron chi connectivity index (χ4n) is 5.94. The molecule has 0 aromatic heterocycles. The Hall–Kier alpha value is -0.660. The second kappa shape index (κ2) is 10.0. The number of rotatable bonds is 3. The van der Waals surface area contributed by atoms with Crippen molar-refractivity contribution in [3.8, 4) is 0 Å². The summed E-state index contributed by atoms with van der Waals surface area (Å²) in [6, 6.07) is 0. The van der Waals surface area contributed by atoms with Crippen LogP contribution < -0.4 is 0 Å². The molecule has 3 rings (SSSR count). The average Bonchev–Trinajstić information content (AvgIpc) is 2.90. The lowest BCUT2D eigenvalue weighted by Gasteiger charge is -2.29. The number of hydrogen-bond acceptors (Lipinski definition) is 2. The number of nitrogens with zero attached hydrogens (tertiary/aromatic N) is 2. The second-order valence-electron chi connectivity index (χ2n) is 9.83. The van der Waals surface area contributed by atoms with Crippen LogP contribution >= 0.6 is 0 Å². The van der Waals surface area contributed by atoms with Crippen LogP contribution in [-0.4, -0.2) is 11.4 Å². The molecular formula is C24H42N2. The second-order valence-corrected chi connectivity index (χ2v) is 9.83. The summed E-state index contributed by atoms with van der Waals surface area (Å²) in [5.74, 6) is 4.77. The quantitative estimate of drug-likeness (QED) is 0.501. The molecular weight excluding hydrogens is 316 g/mol. The van der Waals surface area contributed by atoms with Crippen molar-refractivity contribution in [1.82, 2.24) is 0 Å². The van der Waals surface area contributed by atoms with E-state index in [4.69, 9.17) is 0 Å². The van der Waals surface area contributed by atoms with E-state index in [1.807, 2.05) is 0 Å². The van der Waals surface area contributed by atoms with Gasteiger partial charge in [-0.2, -0.15) is 10.2 Å². The van der Waals surface area contributed by atoms with Gasteiger partial charge in [-0.25, -0.2) is 0 Å². The first kappa shape index (κ1) is 20.1. The first-order chi connectivity index (χ1) is 12.6. The van der Waals surface area contributed by atoms with Crippen LogP contribution in [0.4, 0.5) is 0 Å². The van der Waals surface area contributed by atoms with Crippen LogP contribution in [0.5, 0.6) is 0 Å². The molecule has 3 aliphatic rings. The van der Waals surface area contributed by atoms with Crippen LogP contribution in [0.2, 0.25) is 0 Å². The number of fused-ring (bicyclic) bond motifs is 3. The molecule has 1 aliphatic heterocycles. The van der Waals surface area contributed by atoms with E-state index < -0.39 is 0 Å². The summed E-state index contributed by atoms with van der Waals surface area (Å²) in [5.41, 5.74) is 2.55. The van der Waals surface area contributed by atoms with Crippen LogP contribution in [0.15, 0.2) is 10.2 Å². The topological polar surface area (TPSA) is 24.7 Å². The van der Waals surface area contributed by atoms with Gasteiger partial charge in [0, 0.05) is 17.8 Å². The fraction of sp³-hybridized carbons (Fsp3) is 0.917. The summed E-state index contributed by atoms with van der Waals surface area (Å²) in [6.07, 6.45) is 19.8. The molecule has 2 fully saturated rings. The average molecular weight is 359 g/mol. The zero-order valence-corrected chi connectivity index (χ0v) is 17.7. The highest BCUT2D eigenvalue weighted by atomic mass is 15.2. The van der Waals surface area contributed by atoms with Gasteiger partial charge in [0.2, 0.25) is 0 Å². The lowest BCUT2D eigenvalue weighted by molar-refractivity contribution is 0.218. The van der Waals surface area contributed by atoms with Crippen molar-refractivity contribution in [1.29, 1.82) is 0 Å². The van der Waals surface area contributed by atoms with Crippen LogP contribution in [0, 0.1) is 29.6 Å². The largest absolute Gasteiger partial charge is 0.160 e. The normalized spacial score (nSPS) is 37.1. The van der Waals surface area contributed by atoms with Gasteiger partial charge in [0.05, 0.1) is 0 Å². The van der Waals surface area contributed by atoms with Crippen molar-refractivity contribution >= 4 is 11.4 Å². The van der Waals surface area contributed by atoms with Gasteiger partial charge in [-0.05, 0) is 62.2 Å². The van der Waals surface area contributed by atoms with Crippen molar-refractivity contribution in [2.75, 3.05) is 0 Å². The maximum absolute atomic E-state index is 4.42. The highest BCUT2D eigenvalue weighted by Gasteiger charge is 2.30. The van der Waals surface area contributed by atoms with E-state index in [0.717, 1.165) is 36.0 Å². The van der Waals surface area contributed by atoms with Crippen LogP contribution in [-0.2, 0) is 0 Å². The van der Waals surface area contributed by atoms with Crippen LogP contribution in [0.25, 0.3) is 0 Å². The van der Waals surface area contributed by atoms with Crippen LogP contribution in [0.3, 0.4) is 0 Å². The molecule has 2 nitrogen and oxygen atoms in total. The van der Waals surface area contributed by atoms with E-state index in [9.17, 15) is 0 Å². The Balaban J connectivity index is 1.61. The minimum absolute atomic E-state index is 0.928. The predicted octanol–water partition coefficient (Wildman–Crippen LogP) is 7.43. The SMILES string of the molecule is CC1=NN=C(CCC2CCCCCCC(C)C(C)C3CCCC2CC3)C1. The molecule has 0 aromatic carbocycles. The Morgan fingerprint density at radius 3 is 2.27 bits per heavy atom. The molecule has 5 atom stereocenters. The van der Waals surface area contributed by atoms with Gasteiger partial charge >= 0.3 is 0 Å². The van der Waals surface area contributed by atoms with Crippen molar-refractivity contribution in [2.24, 2.45) is 39.8 Å². The third-order valence-corrected chi connectivity index (χ3v) is 7.98. The van der Waals surface area contributed by atoms with E-state index in [-0.39, 0.29) is 0 Å². The first-order valence-electron chi connectivity index (χ1n) is 11.7. The lowest BCUT2D eigenvalue weighted by Crippen LogP contribution is -2.19. The molecule has 0 aromatic rings. The van der Waals surface area contributed by atoms with E-state index in [2.05, 4.69) is 31.0 Å². The van der Waals surface area contributed by atoms with E-state index in [1.54, 1.807) is 0 Å². The smallest absolute Gasteiger partial charge is 0.0462 e. The molecule has 0 radical (unpaired) electrons. The standard InChI is InChI=1S/C24H42N2/c1-18-9-6-4-5-7-10-22(15-16-24-17-19(2)25-26-24)23-12-8-11-21(13-14-23)20(18)3/h18,20-23H,4-17H2,1-3H3. The third kappa shape index (κ3) is 5.67. The summed E-state index contributed by atoms with van der Waals surface area (Å²) in [4.78, 5) is 0. The molecule has 0 spiro atoms.